The van der Waals surface area contributed by atoms with E-state index in [2.05, 4.69) is 0 Å². The van der Waals surface area contributed by atoms with E-state index < -0.39 is 7.82 Å². The molecule has 0 heterocycles. The Hall–Kier alpha value is -2.95. The van der Waals surface area contributed by atoms with Gasteiger partial charge in [-0.25, -0.2) is 0 Å². The molecule has 0 fully saturated rings. The minimum Gasteiger partial charge on any atom is -0.396 e. The van der Waals surface area contributed by atoms with Crippen molar-refractivity contribution in [2.45, 2.75) is 38.5 Å². The number of aliphatic hydroxyl groups excluding tert-OH is 6. The fraction of sp³-hybridized carbons (Fsp3) is 0.400. The first-order valence-electron chi connectivity index (χ1n) is 13.6. The summed E-state index contributed by atoms with van der Waals surface area (Å²) < 4.78 is 32.4. The number of phosphoric acid groups is 1. The molecule has 0 radical (unpaired) electrons. The summed E-state index contributed by atoms with van der Waals surface area (Å²) in [6, 6.07) is 15.1. The fourth-order valence-electron chi connectivity index (χ4n) is 4.38. The Morgan fingerprint density at radius 2 is 0.707 bits per heavy atom. The maximum absolute atomic E-state index is 14.4. The third kappa shape index (κ3) is 9.55. The Kier molecular flexibility index (Phi) is 13.1. The Morgan fingerprint density at radius 3 is 0.951 bits per heavy atom. The predicted molar refractivity (Wildman–Crippen MR) is 154 cm³/mol. The molecule has 0 aromatic heterocycles. The van der Waals surface area contributed by atoms with Crippen LogP contribution in [0.3, 0.4) is 0 Å². The van der Waals surface area contributed by atoms with E-state index in [1.54, 1.807) is 54.6 Å². The average Bonchev–Trinajstić information content (AvgIpc) is 2.94. The third-order valence-electron chi connectivity index (χ3n) is 6.35. The molecule has 0 amide bonds. The van der Waals surface area contributed by atoms with Crippen LogP contribution in [-0.4, -0.2) is 70.3 Å². The summed E-state index contributed by atoms with van der Waals surface area (Å²) in [4.78, 5) is 0. The summed E-state index contributed by atoms with van der Waals surface area (Å²) in [5.41, 5.74) is 4.01. The van der Waals surface area contributed by atoms with Crippen molar-refractivity contribution in [3.63, 3.8) is 0 Å². The normalized spacial score (nSPS) is 11.5. The first kappa shape index (κ1) is 32.6. The van der Waals surface area contributed by atoms with Crippen LogP contribution in [-0.2, 0) is 43.1 Å². The second kappa shape index (κ2) is 16.5. The zero-order valence-electron chi connectivity index (χ0n) is 22.9. The molecule has 3 aromatic rings. The maximum Gasteiger partial charge on any atom is 0.647 e. The molecular formula is C30H39O10P. The smallest absolute Gasteiger partial charge is 0.396 e. The molecule has 224 valence electrons. The number of hydrogen-bond acceptors (Lipinski definition) is 10. The highest BCUT2D eigenvalue weighted by atomic mass is 31.2. The van der Waals surface area contributed by atoms with Gasteiger partial charge in [-0.15, -0.1) is 0 Å². The van der Waals surface area contributed by atoms with Crippen LogP contribution in [0.1, 0.15) is 33.4 Å². The van der Waals surface area contributed by atoms with Gasteiger partial charge in [-0.05, 0) is 90.1 Å². The minimum atomic E-state index is -4.52. The standard InChI is InChI=1S/C30H39O10P/c31-13-7-22-1-4-28(25(19-22)10-16-34)38-41(37,39-29-5-2-23(8-14-32)20-26(29)11-17-35)40-30-6-3-24(9-15-33)21-27(30)12-18-36/h1-6,19-21,31-36H,7-18H2. The van der Waals surface area contributed by atoms with E-state index in [-0.39, 0.29) is 76.2 Å². The van der Waals surface area contributed by atoms with Gasteiger partial charge in [0.15, 0.2) is 0 Å². The van der Waals surface area contributed by atoms with Crippen molar-refractivity contribution in [2.24, 2.45) is 0 Å². The van der Waals surface area contributed by atoms with Gasteiger partial charge in [0.1, 0.15) is 17.2 Å². The van der Waals surface area contributed by atoms with Crippen molar-refractivity contribution in [3.8, 4) is 17.2 Å². The van der Waals surface area contributed by atoms with Gasteiger partial charge in [0, 0.05) is 39.6 Å². The van der Waals surface area contributed by atoms with Gasteiger partial charge in [-0.2, -0.15) is 4.57 Å². The lowest BCUT2D eigenvalue weighted by Gasteiger charge is -2.23. The minimum absolute atomic E-state index is 0.0662. The molecular weight excluding hydrogens is 551 g/mol. The Labute approximate surface area is 240 Å². The summed E-state index contributed by atoms with van der Waals surface area (Å²) in [5, 5.41) is 57.0. The van der Waals surface area contributed by atoms with E-state index in [0.29, 0.717) is 36.0 Å². The summed E-state index contributed by atoms with van der Waals surface area (Å²) in [7, 11) is -4.52. The largest absolute Gasteiger partial charge is 0.647 e. The van der Waals surface area contributed by atoms with Crippen LogP contribution in [0.15, 0.2) is 54.6 Å². The van der Waals surface area contributed by atoms with Crippen molar-refractivity contribution in [1.29, 1.82) is 0 Å². The molecule has 0 aliphatic heterocycles. The summed E-state index contributed by atoms with van der Waals surface area (Å²) >= 11 is 0. The topological polar surface area (TPSA) is 166 Å². The highest BCUT2D eigenvalue weighted by Gasteiger charge is 2.35. The van der Waals surface area contributed by atoms with E-state index in [1.807, 2.05) is 0 Å². The van der Waals surface area contributed by atoms with Crippen LogP contribution < -0.4 is 13.6 Å². The van der Waals surface area contributed by atoms with Crippen LogP contribution >= 0.6 is 7.82 Å². The van der Waals surface area contributed by atoms with Gasteiger partial charge in [0.25, 0.3) is 0 Å². The fourth-order valence-corrected chi connectivity index (χ4v) is 5.75. The van der Waals surface area contributed by atoms with Crippen LogP contribution in [0.4, 0.5) is 0 Å². The number of rotatable bonds is 18. The van der Waals surface area contributed by atoms with Gasteiger partial charge in [0.2, 0.25) is 0 Å². The molecule has 0 saturated carbocycles. The number of benzene rings is 3. The number of aliphatic hydroxyl groups is 6. The van der Waals surface area contributed by atoms with Gasteiger partial charge >= 0.3 is 7.82 Å². The molecule has 3 aromatic carbocycles. The Morgan fingerprint density at radius 1 is 0.439 bits per heavy atom. The van der Waals surface area contributed by atoms with Crippen molar-refractivity contribution < 1.29 is 48.8 Å². The lowest BCUT2D eigenvalue weighted by molar-refractivity contribution is 0.279. The molecule has 0 aliphatic rings. The highest BCUT2D eigenvalue weighted by molar-refractivity contribution is 7.49. The SMILES string of the molecule is O=P(Oc1ccc(CCO)cc1CCO)(Oc1ccc(CCO)cc1CCO)Oc1ccc(CCO)cc1CCO. The Balaban J connectivity index is 2.08. The van der Waals surface area contributed by atoms with E-state index >= 15 is 0 Å². The van der Waals surface area contributed by atoms with E-state index in [4.69, 9.17) is 13.6 Å². The zero-order chi connectivity index (χ0) is 29.7. The monoisotopic (exact) mass is 590 g/mol. The molecule has 0 spiro atoms. The number of phosphoric ester groups is 1. The lowest BCUT2D eigenvalue weighted by Crippen LogP contribution is -2.12. The molecule has 10 nitrogen and oxygen atoms in total. The summed E-state index contributed by atoms with van der Waals surface area (Å²) in [5.74, 6) is 0.473. The van der Waals surface area contributed by atoms with Crippen molar-refractivity contribution >= 4 is 7.82 Å². The van der Waals surface area contributed by atoms with Crippen molar-refractivity contribution in [1.82, 2.24) is 0 Å². The zero-order valence-corrected chi connectivity index (χ0v) is 23.8. The van der Waals surface area contributed by atoms with Gasteiger partial charge in [0.05, 0.1) is 0 Å². The first-order valence-corrected chi connectivity index (χ1v) is 15.0. The average molecular weight is 591 g/mol. The summed E-state index contributed by atoms with van der Waals surface area (Å²) in [6.07, 6.45) is 1.72. The van der Waals surface area contributed by atoms with Crippen LogP contribution in [0.25, 0.3) is 0 Å². The highest BCUT2D eigenvalue weighted by Crippen LogP contribution is 2.52. The van der Waals surface area contributed by atoms with Crippen molar-refractivity contribution in [3.05, 3.63) is 88.0 Å². The quantitative estimate of drug-likeness (QED) is 0.121. The molecule has 41 heavy (non-hydrogen) atoms. The molecule has 0 bridgehead atoms. The van der Waals surface area contributed by atoms with E-state index in [1.165, 1.54) is 0 Å². The third-order valence-corrected chi connectivity index (χ3v) is 7.61. The second-order valence-corrected chi connectivity index (χ2v) is 10.8. The Bertz CT molecular complexity index is 1140. The predicted octanol–water partition coefficient (Wildman–Crippen LogP) is 2.54. The molecule has 3 rings (SSSR count). The van der Waals surface area contributed by atoms with Gasteiger partial charge < -0.3 is 44.2 Å². The molecule has 6 N–H and O–H groups in total. The van der Waals surface area contributed by atoms with E-state index in [0.717, 1.165) is 16.7 Å². The van der Waals surface area contributed by atoms with E-state index in [9.17, 15) is 35.2 Å². The molecule has 0 unspecified atom stereocenters. The van der Waals surface area contributed by atoms with Crippen LogP contribution in [0.5, 0.6) is 17.2 Å². The molecule has 0 atom stereocenters. The van der Waals surface area contributed by atoms with Crippen LogP contribution in [0.2, 0.25) is 0 Å². The van der Waals surface area contributed by atoms with Gasteiger partial charge in [-0.3, -0.25) is 0 Å². The molecule has 11 heteroatoms. The van der Waals surface area contributed by atoms with Crippen LogP contribution in [0, 0.1) is 0 Å². The summed E-state index contributed by atoms with van der Waals surface area (Å²) in [6.45, 7) is -0.809. The molecule has 0 saturated heterocycles. The van der Waals surface area contributed by atoms with Crippen molar-refractivity contribution in [2.75, 3.05) is 39.6 Å². The second-order valence-electron chi connectivity index (χ2n) is 9.39. The maximum atomic E-state index is 14.4. The van der Waals surface area contributed by atoms with Gasteiger partial charge in [-0.1, -0.05) is 36.4 Å². The number of hydrogen-bond donors (Lipinski definition) is 6. The molecule has 0 aliphatic carbocycles. The lowest BCUT2D eigenvalue weighted by atomic mass is 10.1. The first-order chi connectivity index (χ1) is 19.9.